The van der Waals surface area contributed by atoms with Crippen molar-refractivity contribution in [2.24, 2.45) is 0 Å². The molecule has 0 saturated heterocycles. The predicted molar refractivity (Wildman–Crippen MR) is 90.2 cm³/mol. The molecule has 0 fully saturated rings. The Morgan fingerprint density at radius 2 is 1.00 bits per heavy atom. The van der Waals surface area contributed by atoms with Crippen molar-refractivity contribution >= 4 is 0 Å². The highest BCUT2D eigenvalue weighted by Crippen LogP contribution is 2.12. The minimum absolute atomic E-state index is 0. The third-order valence-corrected chi connectivity index (χ3v) is 4.14. The zero-order valence-electron chi connectivity index (χ0n) is 14.7. The van der Waals surface area contributed by atoms with Crippen LogP contribution in [0.15, 0.2) is 0 Å². The molecule has 4 N–H and O–H groups in total. The highest BCUT2D eigenvalue weighted by molar-refractivity contribution is 4.49. The van der Waals surface area contributed by atoms with Crippen molar-refractivity contribution in [2.75, 3.05) is 13.1 Å². The van der Waals surface area contributed by atoms with Crippen molar-refractivity contribution in [1.29, 1.82) is 0 Å². The van der Waals surface area contributed by atoms with E-state index < -0.39 is 6.29 Å². The van der Waals surface area contributed by atoms with E-state index in [9.17, 15) is 0 Å². The van der Waals surface area contributed by atoms with Crippen LogP contribution in [-0.2, 0) is 0 Å². The van der Waals surface area contributed by atoms with Crippen LogP contribution in [0.3, 0.4) is 0 Å². The van der Waals surface area contributed by atoms with Gasteiger partial charge in [0.2, 0.25) is 6.29 Å². The molecule has 4 heteroatoms. The van der Waals surface area contributed by atoms with Crippen LogP contribution in [0.5, 0.6) is 0 Å². The molecule has 0 spiro atoms. The van der Waals surface area contributed by atoms with E-state index in [1.54, 1.807) is 0 Å². The molecular weight excluding hydrogens is 298 g/mol. The molecule has 0 aliphatic carbocycles. The highest BCUT2D eigenvalue weighted by atomic mass is 35.5. The van der Waals surface area contributed by atoms with Crippen molar-refractivity contribution in [2.45, 2.75) is 103 Å². The number of unbranched alkanes of at least 4 members (excludes halogenated alkanes) is 13. The number of quaternary nitrogens is 1. The van der Waals surface area contributed by atoms with Crippen LogP contribution in [0.2, 0.25) is 0 Å². The summed E-state index contributed by atoms with van der Waals surface area (Å²) < 4.78 is 0. The van der Waals surface area contributed by atoms with E-state index in [0.29, 0.717) is 6.54 Å². The summed E-state index contributed by atoms with van der Waals surface area (Å²) in [6, 6.07) is 0. The fourth-order valence-electron chi connectivity index (χ4n) is 2.75. The molecule has 0 saturated carbocycles. The van der Waals surface area contributed by atoms with E-state index in [1.807, 2.05) is 5.32 Å². The lowest BCUT2D eigenvalue weighted by atomic mass is 10.0. The summed E-state index contributed by atoms with van der Waals surface area (Å²) in [6.45, 7) is 3.71. The molecule has 0 atom stereocenters. The minimum Gasteiger partial charge on any atom is -1.00 e. The molecule has 0 amide bonds. The van der Waals surface area contributed by atoms with Gasteiger partial charge in [-0.15, -0.1) is 0 Å². The Bertz CT molecular complexity index is 192. The second-order valence-electron chi connectivity index (χ2n) is 6.39. The molecule has 0 aliphatic heterocycles. The van der Waals surface area contributed by atoms with E-state index in [4.69, 9.17) is 10.2 Å². The SMILES string of the molecule is CCCCCCCCCCCCCCCC[NH2+]CC(O)O.[Cl-]. The van der Waals surface area contributed by atoms with Crippen LogP contribution in [0.4, 0.5) is 0 Å². The molecule has 0 aliphatic rings. The molecule has 0 aromatic rings. The summed E-state index contributed by atoms with van der Waals surface area (Å²) in [5.74, 6) is 0. The summed E-state index contributed by atoms with van der Waals surface area (Å²) in [5, 5.41) is 19.4. The number of aliphatic hydroxyl groups excluding tert-OH is 1. The Hall–Kier alpha value is 0.170. The third kappa shape index (κ3) is 22.5. The molecule has 136 valence electrons. The number of aliphatic hydroxyl groups is 2. The molecule has 0 rings (SSSR count). The first-order chi connectivity index (χ1) is 10.3. The van der Waals surface area contributed by atoms with E-state index in [1.165, 1.54) is 89.9 Å². The van der Waals surface area contributed by atoms with Gasteiger partial charge in [0.15, 0.2) is 0 Å². The summed E-state index contributed by atoms with van der Waals surface area (Å²) in [4.78, 5) is 0. The summed E-state index contributed by atoms with van der Waals surface area (Å²) in [6.07, 6.45) is 18.2. The van der Waals surface area contributed by atoms with Gasteiger partial charge in [-0.1, -0.05) is 84.0 Å². The highest BCUT2D eigenvalue weighted by Gasteiger charge is 1.98. The first-order valence-electron chi connectivity index (χ1n) is 9.45. The van der Waals surface area contributed by atoms with Gasteiger partial charge in [-0.3, -0.25) is 0 Å². The second kappa shape index (κ2) is 21.2. The Kier molecular flexibility index (Phi) is 23.5. The van der Waals surface area contributed by atoms with E-state index in [0.717, 1.165) is 6.54 Å². The van der Waals surface area contributed by atoms with Crippen LogP contribution in [0, 0.1) is 0 Å². The quantitative estimate of drug-likeness (QED) is 0.265. The van der Waals surface area contributed by atoms with E-state index in [2.05, 4.69) is 6.92 Å². The normalized spacial score (nSPS) is 10.9. The van der Waals surface area contributed by atoms with Crippen LogP contribution in [0.25, 0.3) is 0 Å². The summed E-state index contributed by atoms with van der Waals surface area (Å²) in [5.41, 5.74) is 0. The standard InChI is InChI=1S/C18H39NO2.ClH/c1-2-3-4-5-6-7-8-9-10-11-12-13-14-15-16-19-17-18(20)21;/h18-21H,2-17H2,1H3;1H. The topological polar surface area (TPSA) is 57.1 Å². The average molecular weight is 338 g/mol. The van der Waals surface area contributed by atoms with Gasteiger partial charge < -0.3 is 27.9 Å². The maximum atomic E-state index is 8.69. The maximum absolute atomic E-state index is 8.69. The first kappa shape index (κ1) is 24.4. The Labute approximate surface area is 144 Å². The number of hydrogen-bond donors (Lipinski definition) is 3. The third-order valence-electron chi connectivity index (χ3n) is 4.14. The number of rotatable bonds is 17. The smallest absolute Gasteiger partial charge is 0.202 e. The fraction of sp³-hybridized carbons (Fsp3) is 1.00. The fourth-order valence-corrected chi connectivity index (χ4v) is 2.75. The monoisotopic (exact) mass is 337 g/mol. The summed E-state index contributed by atoms with van der Waals surface area (Å²) in [7, 11) is 0. The van der Waals surface area contributed by atoms with Gasteiger partial charge in [-0.25, -0.2) is 0 Å². The number of halogens is 1. The molecule has 22 heavy (non-hydrogen) atoms. The van der Waals surface area contributed by atoms with Crippen LogP contribution in [0.1, 0.15) is 96.8 Å². The van der Waals surface area contributed by atoms with Crippen molar-refractivity contribution in [3.63, 3.8) is 0 Å². The molecule has 3 nitrogen and oxygen atoms in total. The van der Waals surface area contributed by atoms with E-state index in [-0.39, 0.29) is 12.4 Å². The predicted octanol–water partition coefficient (Wildman–Crippen LogP) is 0.346. The largest absolute Gasteiger partial charge is 1.00 e. The summed E-state index contributed by atoms with van der Waals surface area (Å²) >= 11 is 0. The first-order valence-corrected chi connectivity index (χ1v) is 9.45. The van der Waals surface area contributed by atoms with Gasteiger partial charge in [0.1, 0.15) is 6.54 Å². The minimum atomic E-state index is -1.16. The van der Waals surface area contributed by atoms with Crippen molar-refractivity contribution < 1.29 is 27.9 Å². The van der Waals surface area contributed by atoms with Crippen LogP contribution >= 0.6 is 0 Å². The van der Waals surface area contributed by atoms with Crippen LogP contribution < -0.4 is 17.7 Å². The van der Waals surface area contributed by atoms with Crippen molar-refractivity contribution in [3.05, 3.63) is 0 Å². The number of nitrogens with two attached hydrogens (primary N) is 1. The van der Waals surface area contributed by atoms with Crippen molar-refractivity contribution in [1.82, 2.24) is 0 Å². The number of hydrogen-bond acceptors (Lipinski definition) is 2. The van der Waals surface area contributed by atoms with Gasteiger partial charge in [-0.05, 0) is 12.8 Å². The second-order valence-corrected chi connectivity index (χ2v) is 6.39. The Morgan fingerprint density at radius 3 is 1.36 bits per heavy atom. The zero-order valence-corrected chi connectivity index (χ0v) is 15.5. The molecule has 0 unspecified atom stereocenters. The van der Waals surface area contributed by atoms with Gasteiger partial charge in [0.05, 0.1) is 6.54 Å². The maximum Gasteiger partial charge on any atom is 0.202 e. The molecule has 0 aromatic carbocycles. The molecule has 0 heterocycles. The van der Waals surface area contributed by atoms with Gasteiger partial charge in [0, 0.05) is 0 Å². The molecular formula is C18H40ClNO2. The van der Waals surface area contributed by atoms with Crippen LogP contribution in [-0.4, -0.2) is 29.6 Å². The Balaban J connectivity index is 0. The molecule has 0 radical (unpaired) electrons. The average Bonchev–Trinajstić information content (AvgIpc) is 2.46. The molecule has 0 aromatic heterocycles. The molecule has 0 bridgehead atoms. The van der Waals surface area contributed by atoms with Gasteiger partial charge in [0.25, 0.3) is 0 Å². The zero-order chi connectivity index (χ0) is 15.6. The Morgan fingerprint density at radius 1 is 0.636 bits per heavy atom. The lowest BCUT2D eigenvalue weighted by Gasteiger charge is -2.04. The van der Waals surface area contributed by atoms with Crippen molar-refractivity contribution in [3.8, 4) is 0 Å². The lowest BCUT2D eigenvalue weighted by molar-refractivity contribution is -0.667. The van der Waals surface area contributed by atoms with Gasteiger partial charge >= 0.3 is 0 Å². The van der Waals surface area contributed by atoms with Gasteiger partial charge in [-0.2, -0.15) is 0 Å². The van der Waals surface area contributed by atoms with E-state index >= 15 is 0 Å². The lowest BCUT2D eigenvalue weighted by Crippen LogP contribution is -3.00.